The number of fused-ring (bicyclic) bond motifs is 3. The van der Waals surface area contributed by atoms with Crippen LogP contribution in [0.25, 0.3) is 11.1 Å². The zero-order chi connectivity index (χ0) is 23.9. The molecule has 3 N–H and O–H groups in total. The van der Waals surface area contributed by atoms with Crippen LogP contribution in [0.1, 0.15) is 49.1 Å². The number of carbonyl (C=O) groups excluding carboxylic acids is 2. The average molecular weight is 461 g/mol. The first kappa shape index (κ1) is 23.4. The third kappa shape index (κ3) is 5.57. The van der Waals surface area contributed by atoms with E-state index in [0.717, 1.165) is 36.8 Å². The van der Waals surface area contributed by atoms with E-state index in [0.29, 0.717) is 0 Å². The van der Waals surface area contributed by atoms with Crippen molar-refractivity contribution in [3.8, 4) is 23.0 Å². The molecule has 34 heavy (non-hydrogen) atoms. The van der Waals surface area contributed by atoms with E-state index in [2.05, 4.69) is 40.8 Å². The Kier molecular flexibility index (Phi) is 7.48. The number of aliphatic carboxylic acids is 1. The van der Waals surface area contributed by atoms with E-state index in [1.165, 1.54) is 11.1 Å². The number of benzene rings is 2. The molecular formula is C27H28N2O5. The number of amides is 2. The number of carbonyl (C=O) groups is 3. The molecule has 0 radical (unpaired) electrons. The molecule has 4 rings (SSSR count). The minimum absolute atomic E-state index is 0.00154. The van der Waals surface area contributed by atoms with Gasteiger partial charge in [-0.3, -0.25) is 4.79 Å². The highest BCUT2D eigenvalue weighted by Crippen LogP contribution is 2.44. The summed E-state index contributed by atoms with van der Waals surface area (Å²) in [5.74, 6) is 2.92. The number of hydrogen-bond donors (Lipinski definition) is 3. The third-order valence-electron chi connectivity index (χ3n) is 6.57. The molecule has 0 spiro atoms. The molecule has 0 aromatic heterocycles. The van der Waals surface area contributed by atoms with Crippen molar-refractivity contribution in [2.24, 2.45) is 5.92 Å². The predicted octanol–water partition coefficient (Wildman–Crippen LogP) is 3.68. The van der Waals surface area contributed by atoms with Crippen LogP contribution in [0.15, 0.2) is 48.5 Å². The lowest BCUT2D eigenvalue weighted by Gasteiger charge is -2.31. The van der Waals surface area contributed by atoms with E-state index < -0.39 is 12.1 Å². The van der Waals surface area contributed by atoms with Crippen molar-refractivity contribution in [3.05, 3.63) is 59.7 Å². The smallest absolute Gasteiger partial charge is 0.407 e. The maximum Gasteiger partial charge on any atom is 0.407 e. The summed E-state index contributed by atoms with van der Waals surface area (Å²) < 4.78 is 5.67. The fraction of sp³-hybridized carbons (Fsp3) is 0.370. The molecule has 2 atom stereocenters. The van der Waals surface area contributed by atoms with Crippen LogP contribution in [-0.2, 0) is 14.3 Å². The molecule has 0 saturated heterocycles. The minimum Gasteiger partial charge on any atom is -0.472 e. The molecule has 176 valence electrons. The third-order valence-corrected chi connectivity index (χ3v) is 6.57. The van der Waals surface area contributed by atoms with E-state index in [4.69, 9.17) is 9.84 Å². The lowest BCUT2D eigenvalue weighted by atomic mass is 9.82. The summed E-state index contributed by atoms with van der Waals surface area (Å²) in [5, 5.41) is 14.1. The molecule has 7 nitrogen and oxygen atoms in total. The first-order valence-corrected chi connectivity index (χ1v) is 11.6. The number of nitrogens with one attached hydrogen (secondary N) is 2. The second kappa shape index (κ2) is 10.9. The van der Waals surface area contributed by atoms with Gasteiger partial charge in [0.05, 0.1) is 6.54 Å². The van der Waals surface area contributed by atoms with Gasteiger partial charge in [0.1, 0.15) is 6.61 Å². The van der Waals surface area contributed by atoms with Gasteiger partial charge in [-0.15, -0.1) is 0 Å². The second-order valence-electron chi connectivity index (χ2n) is 8.71. The lowest BCUT2D eigenvalue weighted by Crippen LogP contribution is -2.44. The molecule has 2 aliphatic rings. The number of rotatable bonds is 6. The SMILES string of the molecule is O=C(O)C#CCNC(=O)C[C@H]1CCCC[C@H]1NC(=O)OCC1c2ccccc2-c2ccccc21. The van der Waals surface area contributed by atoms with Crippen LogP contribution in [0.3, 0.4) is 0 Å². The van der Waals surface area contributed by atoms with Crippen LogP contribution in [-0.4, -0.2) is 42.3 Å². The fourth-order valence-corrected chi connectivity index (χ4v) is 5.01. The van der Waals surface area contributed by atoms with Gasteiger partial charge in [0.2, 0.25) is 5.91 Å². The van der Waals surface area contributed by atoms with Gasteiger partial charge in [0.15, 0.2) is 0 Å². The molecule has 1 saturated carbocycles. The van der Waals surface area contributed by atoms with E-state index in [1.54, 1.807) is 0 Å². The lowest BCUT2D eigenvalue weighted by molar-refractivity contribution is -0.130. The monoisotopic (exact) mass is 460 g/mol. The van der Waals surface area contributed by atoms with Gasteiger partial charge in [-0.2, -0.15) is 0 Å². The standard InChI is InChI=1S/C27H28N2O5/c30-25(28-15-7-14-26(31)32)16-18-8-1-6-13-24(18)29-27(33)34-17-23-21-11-4-2-9-19(21)20-10-3-5-12-22(20)23/h2-5,9-12,18,23-24H,1,6,8,13,15-17H2,(H,28,30)(H,29,33)(H,31,32)/t18-,24-/m1/s1. The van der Waals surface area contributed by atoms with E-state index in [1.807, 2.05) is 30.2 Å². The second-order valence-corrected chi connectivity index (χ2v) is 8.71. The molecule has 2 amide bonds. The molecule has 0 bridgehead atoms. The van der Waals surface area contributed by atoms with Crippen LogP contribution in [0.5, 0.6) is 0 Å². The quantitative estimate of drug-likeness (QED) is 0.571. The van der Waals surface area contributed by atoms with Crippen molar-refractivity contribution in [3.63, 3.8) is 0 Å². The summed E-state index contributed by atoms with van der Waals surface area (Å²) in [7, 11) is 0. The van der Waals surface area contributed by atoms with Gasteiger partial charge >= 0.3 is 12.1 Å². The Bertz CT molecular complexity index is 1090. The van der Waals surface area contributed by atoms with Gasteiger partial charge < -0.3 is 20.5 Å². The summed E-state index contributed by atoms with van der Waals surface area (Å²) in [6.45, 7) is 0.238. The first-order chi connectivity index (χ1) is 16.5. The zero-order valence-corrected chi connectivity index (χ0v) is 18.9. The van der Waals surface area contributed by atoms with E-state index in [9.17, 15) is 14.4 Å². The Morgan fingerprint density at radius 3 is 2.29 bits per heavy atom. The van der Waals surface area contributed by atoms with Crippen molar-refractivity contribution >= 4 is 18.0 Å². The Labute approximate surface area is 198 Å². The van der Waals surface area contributed by atoms with Crippen molar-refractivity contribution in [2.75, 3.05) is 13.2 Å². The van der Waals surface area contributed by atoms with Crippen LogP contribution >= 0.6 is 0 Å². The molecule has 2 aromatic carbocycles. The maximum atomic E-state index is 12.7. The summed E-state index contributed by atoms with van der Waals surface area (Å²) in [6.07, 6.45) is 3.40. The molecule has 0 unspecified atom stereocenters. The molecule has 2 aliphatic carbocycles. The molecule has 7 heteroatoms. The summed E-state index contributed by atoms with van der Waals surface area (Å²) in [5.41, 5.74) is 4.68. The highest BCUT2D eigenvalue weighted by atomic mass is 16.5. The number of ether oxygens (including phenoxy) is 1. The molecule has 1 fully saturated rings. The van der Waals surface area contributed by atoms with Gasteiger partial charge in [-0.1, -0.05) is 67.3 Å². The van der Waals surface area contributed by atoms with Crippen molar-refractivity contribution in [1.82, 2.24) is 10.6 Å². The summed E-state index contributed by atoms with van der Waals surface area (Å²) >= 11 is 0. The Morgan fingerprint density at radius 1 is 0.971 bits per heavy atom. The predicted molar refractivity (Wildman–Crippen MR) is 127 cm³/mol. The van der Waals surface area contributed by atoms with E-state index in [-0.39, 0.29) is 43.4 Å². The Hall–Kier alpha value is -3.79. The van der Waals surface area contributed by atoms with Crippen molar-refractivity contribution in [1.29, 1.82) is 0 Å². The number of alkyl carbamates (subject to hydrolysis) is 1. The highest BCUT2D eigenvalue weighted by molar-refractivity contribution is 5.86. The van der Waals surface area contributed by atoms with Crippen LogP contribution in [0.4, 0.5) is 4.79 Å². The van der Waals surface area contributed by atoms with Gasteiger partial charge in [-0.05, 0) is 41.0 Å². The molecule has 2 aromatic rings. The van der Waals surface area contributed by atoms with Crippen molar-refractivity contribution < 1.29 is 24.2 Å². The topological polar surface area (TPSA) is 105 Å². The van der Waals surface area contributed by atoms with Crippen LogP contribution in [0.2, 0.25) is 0 Å². The normalized spacial score (nSPS) is 18.6. The molecular weight excluding hydrogens is 432 g/mol. The number of carboxylic acid groups (broad SMARTS) is 1. The van der Waals surface area contributed by atoms with Crippen LogP contribution in [0, 0.1) is 17.8 Å². The van der Waals surface area contributed by atoms with Gasteiger partial charge in [0, 0.05) is 24.3 Å². The maximum absolute atomic E-state index is 12.7. The molecule has 0 heterocycles. The average Bonchev–Trinajstić information content (AvgIpc) is 3.15. The minimum atomic E-state index is -1.23. The Morgan fingerprint density at radius 2 is 1.62 bits per heavy atom. The summed E-state index contributed by atoms with van der Waals surface area (Å²) in [4.78, 5) is 35.4. The van der Waals surface area contributed by atoms with E-state index >= 15 is 0 Å². The van der Waals surface area contributed by atoms with Gasteiger partial charge in [0.25, 0.3) is 0 Å². The molecule has 0 aliphatic heterocycles. The highest BCUT2D eigenvalue weighted by Gasteiger charge is 2.31. The summed E-state index contributed by atoms with van der Waals surface area (Å²) in [6, 6.07) is 16.3. The van der Waals surface area contributed by atoms with Gasteiger partial charge in [-0.25, -0.2) is 9.59 Å². The zero-order valence-electron chi connectivity index (χ0n) is 18.9. The number of hydrogen-bond acceptors (Lipinski definition) is 4. The Balaban J connectivity index is 1.32. The number of carboxylic acids is 1. The first-order valence-electron chi connectivity index (χ1n) is 11.6. The van der Waals surface area contributed by atoms with Crippen molar-refractivity contribution in [2.45, 2.75) is 44.1 Å². The largest absolute Gasteiger partial charge is 0.472 e. The van der Waals surface area contributed by atoms with Crippen LogP contribution < -0.4 is 10.6 Å². The fourth-order valence-electron chi connectivity index (χ4n) is 5.01.